The second kappa shape index (κ2) is 3.34. The standard InChI is InChI=1S/C5H5F3O2/c6-5(7,8)4(3-10)1-2-9/h2-4H,1H2. The van der Waals surface area contributed by atoms with Gasteiger partial charge in [-0.3, -0.25) is 0 Å². The van der Waals surface area contributed by atoms with E-state index in [9.17, 15) is 22.8 Å². The van der Waals surface area contributed by atoms with E-state index >= 15 is 0 Å². The summed E-state index contributed by atoms with van der Waals surface area (Å²) in [6.07, 6.45) is -5.56. The maximum absolute atomic E-state index is 11.5. The minimum Gasteiger partial charge on any atom is -0.303 e. The van der Waals surface area contributed by atoms with Crippen LogP contribution in [0.25, 0.3) is 0 Å². The Bertz CT molecular complexity index is 129. The fourth-order valence-corrected chi connectivity index (χ4v) is 0.370. The molecule has 0 N–H and O–H groups in total. The molecule has 58 valence electrons. The summed E-state index contributed by atoms with van der Waals surface area (Å²) in [7, 11) is 0. The van der Waals surface area contributed by atoms with Crippen molar-refractivity contribution in [3.8, 4) is 0 Å². The van der Waals surface area contributed by atoms with Gasteiger partial charge in [0, 0.05) is 6.42 Å². The third-order valence-corrected chi connectivity index (χ3v) is 0.935. The van der Waals surface area contributed by atoms with E-state index in [1.807, 2.05) is 0 Å². The number of carbonyl (C=O) groups excluding carboxylic acids is 2. The van der Waals surface area contributed by atoms with Gasteiger partial charge in [0.05, 0.1) is 0 Å². The molecule has 0 spiro atoms. The minimum absolute atomic E-state index is 0.0759. The van der Waals surface area contributed by atoms with Gasteiger partial charge >= 0.3 is 6.18 Å². The van der Waals surface area contributed by atoms with Crippen molar-refractivity contribution in [2.24, 2.45) is 5.92 Å². The lowest BCUT2D eigenvalue weighted by molar-refractivity contribution is -0.176. The van der Waals surface area contributed by atoms with Crippen molar-refractivity contribution in [1.29, 1.82) is 0 Å². The van der Waals surface area contributed by atoms with Gasteiger partial charge in [0.1, 0.15) is 18.5 Å². The summed E-state index contributed by atoms with van der Waals surface area (Å²) in [4.78, 5) is 19.2. The number of carbonyl (C=O) groups is 2. The van der Waals surface area contributed by atoms with Crippen molar-refractivity contribution in [3.05, 3.63) is 0 Å². The maximum atomic E-state index is 11.5. The van der Waals surface area contributed by atoms with E-state index in [0.717, 1.165) is 0 Å². The van der Waals surface area contributed by atoms with Crippen LogP contribution in [0.3, 0.4) is 0 Å². The summed E-state index contributed by atoms with van der Waals surface area (Å²) in [5.41, 5.74) is 0. The fourth-order valence-electron chi connectivity index (χ4n) is 0.370. The van der Waals surface area contributed by atoms with E-state index in [-0.39, 0.29) is 12.6 Å². The maximum Gasteiger partial charge on any atom is 0.398 e. The average molecular weight is 154 g/mol. The van der Waals surface area contributed by atoms with Crippen molar-refractivity contribution >= 4 is 12.6 Å². The van der Waals surface area contributed by atoms with E-state index < -0.39 is 18.5 Å². The van der Waals surface area contributed by atoms with Crippen LogP contribution in [0.1, 0.15) is 6.42 Å². The van der Waals surface area contributed by atoms with Crippen molar-refractivity contribution < 1.29 is 22.8 Å². The number of rotatable bonds is 3. The molecular formula is C5H5F3O2. The quantitative estimate of drug-likeness (QED) is 0.567. The molecule has 0 aromatic rings. The average Bonchev–Trinajstić information content (AvgIpc) is 1.80. The van der Waals surface area contributed by atoms with Crippen LogP contribution >= 0.6 is 0 Å². The lowest BCUT2D eigenvalue weighted by Gasteiger charge is -2.09. The molecular weight excluding hydrogens is 149 g/mol. The molecule has 0 aromatic carbocycles. The van der Waals surface area contributed by atoms with Gasteiger partial charge in [-0.2, -0.15) is 13.2 Å². The van der Waals surface area contributed by atoms with Gasteiger partial charge in [0.15, 0.2) is 0 Å². The molecule has 0 radical (unpaired) electrons. The van der Waals surface area contributed by atoms with E-state index in [1.54, 1.807) is 0 Å². The SMILES string of the molecule is O=CCC(C=O)C(F)(F)F. The van der Waals surface area contributed by atoms with Gasteiger partial charge < -0.3 is 9.59 Å². The van der Waals surface area contributed by atoms with Crippen LogP contribution in [-0.4, -0.2) is 18.7 Å². The Labute approximate surface area is 55.0 Å². The summed E-state index contributed by atoms with van der Waals surface area (Å²) in [6, 6.07) is 0. The van der Waals surface area contributed by atoms with Crippen LogP contribution in [0.15, 0.2) is 0 Å². The zero-order valence-electron chi connectivity index (χ0n) is 4.89. The zero-order chi connectivity index (χ0) is 8.20. The molecule has 0 aliphatic heterocycles. The van der Waals surface area contributed by atoms with Gasteiger partial charge in [0.2, 0.25) is 0 Å². The lowest BCUT2D eigenvalue weighted by atomic mass is 10.1. The van der Waals surface area contributed by atoms with Crippen molar-refractivity contribution in [3.63, 3.8) is 0 Å². The number of alkyl halides is 3. The monoisotopic (exact) mass is 154 g/mol. The first-order chi connectivity index (χ1) is 4.52. The first-order valence-corrected chi connectivity index (χ1v) is 2.48. The van der Waals surface area contributed by atoms with Crippen molar-refractivity contribution in [2.75, 3.05) is 0 Å². The molecule has 0 heterocycles. The van der Waals surface area contributed by atoms with E-state index in [4.69, 9.17) is 0 Å². The number of aldehydes is 2. The summed E-state index contributed by atoms with van der Waals surface area (Å²) < 4.78 is 34.6. The van der Waals surface area contributed by atoms with Crippen molar-refractivity contribution in [1.82, 2.24) is 0 Å². The highest BCUT2D eigenvalue weighted by Gasteiger charge is 2.38. The first kappa shape index (κ1) is 9.13. The van der Waals surface area contributed by atoms with Crippen LogP contribution < -0.4 is 0 Å². The Balaban J connectivity index is 4.05. The summed E-state index contributed by atoms with van der Waals surface area (Å²) >= 11 is 0. The molecule has 0 fully saturated rings. The summed E-state index contributed by atoms with van der Waals surface area (Å²) in [5.74, 6) is -2.13. The highest BCUT2D eigenvalue weighted by molar-refractivity contribution is 5.62. The molecule has 1 atom stereocenters. The highest BCUT2D eigenvalue weighted by atomic mass is 19.4. The molecule has 0 aromatic heterocycles. The summed E-state index contributed by atoms with van der Waals surface area (Å²) in [5, 5.41) is 0. The predicted octanol–water partition coefficient (Wildman–Crippen LogP) is 0.953. The van der Waals surface area contributed by atoms with Gasteiger partial charge in [-0.25, -0.2) is 0 Å². The molecule has 0 saturated heterocycles. The molecule has 1 unspecified atom stereocenters. The molecule has 5 heteroatoms. The van der Waals surface area contributed by atoms with E-state index in [0.29, 0.717) is 0 Å². The number of hydrogen-bond donors (Lipinski definition) is 0. The third kappa shape index (κ3) is 2.61. The molecule has 0 aliphatic carbocycles. The molecule has 0 bridgehead atoms. The molecule has 0 saturated carbocycles. The third-order valence-electron chi connectivity index (χ3n) is 0.935. The fraction of sp³-hybridized carbons (Fsp3) is 0.600. The van der Waals surface area contributed by atoms with Crippen LogP contribution in [0.2, 0.25) is 0 Å². The smallest absolute Gasteiger partial charge is 0.303 e. The van der Waals surface area contributed by atoms with Gasteiger partial charge in [-0.15, -0.1) is 0 Å². The van der Waals surface area contributed by atoms with Crippen molar-refractivity contribution in [2.45, 2.75) is 12.6 Å². The molecule has 2 nitrogen and oxygen atoms in total. The lowest BCUT2D eigenvalue weighted by Crippen LogP contribution is -2.24. The van der Waals surface area contributed by atoms with E-state index in [1.165, 1.54) is 0 Å². The van der Waals surface area contributed by atoms with Crippen LogP contribution in [0.4, 0.5) is 13.2 Å². The first-order valence-electron chi connectivity index (χ1n) is 2.48. The molecule has 10 heavy (non-hydrogen) atoms. The molecule has 0 aliphatic rings. The Kier molecular flexibility index (Phi) is 3.05. The van der Waals surface area contributed by atoms with Crippen LogP contribution in [-0.2, 0) is 9.59 Å². The second-order valence-corrected chi connectivity index (χ2v) is 1.69. The largest absolute Gasteiger partial charge is 0.398 e. The minimum atomic E-state index is -4.58. The zero-order valence-corrected chi connectivity index (χ0v) is 4.89. The topological polar surface area (TPSA) is 34.1 Å². The van der Waals surface area contributed by atoms with Gasteiger partial charge in [-0.1, -0.05) is 0 Å². The Morgan fingerprint density at radius 3 is 1.90 bits per heavy atom. The summed E-state index contributed by atoms with van der Waals surface area (Å²) in [6.45, 7) is 0. The van der Waals surface area contributed by atoms with Gasteiger partial charge in [0.25, 0.3) is 0 Å². The van der Waals surface area contributed by atoms with Gasteiger partial charge in [-0.05, 0) is 0 Å². The Morgan fingerprint density at radius 2 is 1.80 bits per heavy atom. The Hall–Kier alpha value is -0.870. The Morgan fingerprint density at radius 1 is 1.30 bits per heavy atom. The number of hydrogen-bond acceptors (Lipinski definition) is 2. The normalized spacial score (nSPS) is 14.3. The number of halogens is 3. The highest BCUT2D eigenvalue weighted by Crippen LogP contribution is 2.26. The second-order valence-electron chi connectivity index (χ2n) is 1.69. The molecule has 0 rings (SSSR count). The van der Waals surface area contributed by atoms with E-state index in [2.05, 4.69) is 0 Å². The van der Waals surface area contributed by atoms with Crippen LogP contribution in [0, 0.1) is 5.92 Å². The molecule has 0 amide bonds. The predicted molar refractivity (Wildman–Crippen MR) is 26.3 cm³/mol. The van der Waals surface area contributed by atoms with Crippen LogP contribution in [0.5, 0.6) is 0 Å².